The quantitative estimate of drug-likeness (QED) is 0.771. The summed E-state index contributed by atoms with van der Waals surface area (Å²) in [7, 11) is 0. The zero-order valence-electron chi connectivity index (χ0n) is 9.57. The Kier molecular flexibility index (Phi) is 3.56. The lowest BCUT2D eigenvalue weighted by atomic mass is 10.2. The zero-order valence-corrected chi connectivity index (χ0v) is 9.57. The van der Waals surface area contributed by atoms with Crippen molar-refractivity contribution in [2.24, 2.45) is 0 Å². The van der Waals surface area contributed by atoms with Crippen molar-refractivity contribution in [1.29, 1.82) is 0 Å². The Hall–Kier alpha value is -1.36. The molecule has 0 aliphatic carbocycles. The van der Waals surface area contributed by atoms with Crippen LogP contribution in [0, 0.1) is 0 Å². The fourth-order valence-electron chi connectivity index (χ4n) is 2.16. The van der Waals surface area contributed by atoms with E-state index in [1.165, 1.54) is 0 Å². The predicted molar refractivity (Wildman–Crippen MR) is 63.8 cm³/mol. The molecule has 2 heterocycles. The SMILES string of the molecule is CCCN(c1ncc[nH]c1=O)C1CCNC1. The van der Waals surface area contributed by atoms with Crippen LogP contribution in [0.5, 0.6) is 0 Å². The van der Waals surface area contributed by atoms with E-state index in [1.807, 2.05) is 0 Å². The highest BCUT2D eigenvalue weighted by Crippen LogP contribution is 2.14. The number of rotatable bonds is 4. The summed E-state index contributed by atoms with van der Waals surface area (Å²) in [4.78, 5) is 20.7. The first-order chi connectivity index (χ1) is 7.83. The molecule has 1 saturated heterocycles. The second-order valence-electron chi connectivity index (χ2n) is 4.08. The summed E-state index contributed by atoms with van der Waals surface area (Å²) < 4.78 is 0. The summed E-state index contributed by atoms with van der Waals surface area (Å²) in [6, 6.07) is 0.399. The van der Waals surface area contributed by atoms with E-state index >= 15 is 0 Å². The number of nitrogens with zero attached hydrogens (tertiary/aromatic N) is 2. The van der Waals surface area contributed by atoms with Crippen LogP contribution in [0.2, 0.25) is 0 Å². The number of H-pyrrole nitrogens is 1. The standard InChI is InChI=1S/C11H18N4O/c1-2-7-15(9-3-4-12-8-9)10-11(16)14-6-5-13-10/h5-6,9,12H,2-4,7-8H2,1H3,(H,14,16). The van der Waals surface area contributed by atoms with Crippen molar-refractivity contribution < 1.29 is 0 Å². The lowest BCUT2D eigenvalue weighted by Crippen LogP contribution is -2.41. The Labute approximate surface area is 94.9 Å². The van der Waals surface area contributed by atoms with Gasteiger partial charge in [0.05, 0.1) is 0 Å². The van der Waals surface area contributed by atoms with Crippen LogP contribution in [0.4, 0.5) is 5.82 Å². The van der Waals surface area contributed by atoms with Crippen molar-refractivity contribution in [1.82, 2.24) is 15.3 Å². The third-order valence-corrected chi connectivity index (χ3v) is 2.90. The molecule has 0 aromatic carbocycles. The first-order valence-corrected chi connectivity index (χ1v) is 5.84. The average molecular weight is 222 g/mol. The van der Waals surface area contributed by atoms with Gasteiger partial charge in [-0.15, -0.1) is 0 Å². The molecular weight excluding hydrogens is 204 g/mol. The number of aromatic nitrogens is 2. The maximum absolute atomic E-state index is 11.7. The van der Waals surface area contributed by atoms with Crippen molar-refractivity contribution in [3.05, 3.63) is 22.7 Å². The molecule has 88 valence electrons. The second kappa shape index (κ2) is 5.12. The van der Waals surface area contributed by atoms with Crippen LogP contribution in [0.25, 0.3) is 0 Å². The Bertz CT molecular complexity index is 384. The largest absolute Gasteiger partial charge is 0.348 e. The van der Waals surface area contributed by atoms with Gasteiger partial charge in [-0.25, -0.2) is 4.98 Å². The first-order valence-electron chi connectivity index (χ1n) is 5.84. The fraction of sp³-hybridized carbons (Fsp3) is 0.636. The molecule has 5 heteroatoms. The second-order valence-corrected chi connectivity index (χ2v) is 4.08. The third-order valence-electron chi connectivity index (χ3n) is 2.90. The normalized spacial score (nSPS) is 19.9. The van der Waals surface area contributed by atoms with E-state index in [-0.39, 0.29) is 5.56 Å². The van der Waals surface area contributed by atoms with Gasteiger partial charge in [-0.3, -0.25) is 4.79 Å². The van der Waals surface area contributed by atoms with Gasteiger partial charge in [0.15, 0.2) is 5.82 Å². The molecule has 1 aromatic rings. The molecule has 1 atom stereocenters. The predicted octanol–water partition coefficient (Wildman–Crippen LogP) is 0.348. The molecule has 5 nitrogen and oxygen atoms in total. The molecule has 16 heavy (non-hydrogen) atoms. The van der Waals surface area contributed by atoms with Gasteiger partial charge in [0.2, 0.25) is 0 Å². The van der Waals surface area contributed by atoms with Gasteiger partial charge >= 0.3 is 0 Å². The summed E-state index contributed by atoms with van der Waals surface area (Å²) in [6.45, 7) is 4.96. The summed E-state index contributed by atoms with van der Waals surface area (Å²) in [5.41, 5.74) is -0.0946. The minimum atomic E-state index is -0.0946. The molecule has 0 spiro atoms. The molecule has 1 aliphatic heterocycles. The summed E-state index contributed by atoms with van der Waals surface area (Å²) in [6.07, 6.45) is 5.31. The smallest absolute Gasteiger partial charge is 0.290 e. The number of hydrogen-bond donors (Lipinski definition) is 2. The van der Waals surface area contributed by atoms with Crippen LogP contribution >= 0.6 is 0 Å². The lowest BCUT2D eigenvalue weighted by molar-refractivity contribution is 0.614. The van der Waals surface area contributed by atoms with Crippen molar-refractivity contribution in [3.8, 4) is 0 Å². The van der Waals surface area contributed by atoms with Gasteiger partial charge in [-0.05, 0) is 19.4 Å². The number of nitrogens with one attached hydrogen (secondary N) is 2. The van der Waals surface area contributed by atoms with E-state index in [0.29, 0.717) is 11.9 Å². The number of anilines is 1. The maximum atomic E-state index is 11.7. The molecule has 1 fully saturated rings. The van der Waals surface area contributed by atoms with Crippen LogP contribution in [0.15, 0.2) is 17.2 Å². The lowest BCUT2D eigenvalue weighted by Gasteiger charge is -2.28. The van der Waals surface area contributed by atoms with E-state index < -0.39 is 0 Å². The van der Waals surface area contributed by atoms with Gasteiger partial charge in [0.25, 0.3) is 5.56 Å². The maximum Gasteiger partial charge on any atom is 0.290 e. The Balaban J connectivity index is 2.24. The highest BCUT2D eigenvalue weighted by molar-refractivity contribution is 5.37. The molecule has 0 amide bonds. The molecule has 2 N–H and O–H groups in total. The average Bonchev–Trinajstić information content (AvgIpc) is 2.80. The van der Waals surface area contributed by atoms with Gasteiger partial charge < -0.3 is 15.2 Å². The summed E-state index contributed by atoms with van der Waals surface area (Å²) in [5.74, 6) is 0.554. The van der Waals surface area contributed by atoms with Crippen molar-refractivity contribution in [2.75, 3.05) is 24.5 Å². The fourth-order valence-corrected chi connectivity index (χ4v) is 2.16. The van der Waals surface area contributed by atoms with E-state index in [1.54, 1.807) is 12.4 Å². The Morgan fingerprint density at radius 1 is 1.62 bits per heavy atom. The van der Waals surface area contributed by atoms with E-state index in [2.05, 4.69) is 27.1 Å². The van der Waals surface area contributed by atoms with Crippen molar-refractivity contribution in [3.63, 3.8) is 0 Å². The highest BCUT2D eigenvalue weighted by Gasteiger charge is 2.24. The van der Waals surface area contributed by atoms with Gasteiger partial charge in [0.1, 0.15) is 0 Å². The highest BCUT2D eigenvalue weighted by atomic mass is 16.1. The minimum absolute atomic E-state index is 0.0946. The topological polar surface area (TPSA) is 61.0 Å². The monoisotopic (exact) mass is 222 g/mol. The first kappa shape index (κ1) is 11.1. The molecule has 1 unspecified atom stereocenters. The molecule has 0 radical (unpaired) electrons. The molecular formula is C11H18N4O. The molecule has 1 aliphatic rings. The molecule has 0 bridgehead atoms. The number of hydrogen-bond acceptors (Lipinski definition) is 4. The van der Waals surface area contributed by atoms with Crippen LogP contribution in [0.1, 0.15) is 19.8 Å². The summed E-state index contributed by atoms with van der Waals surface area (Å²) >= 11 is 0. The summed E-state index contributed by atoms with van der Waals surface area (Å²) in [5, 5.41) is 3.32. The number of aromatic amines is 1. The van der Waals surface area contributed by atoms with Gasteiger partial charge in [-0.1, -0.05) is 6.92 Å². The van der Waals surface area contributed by atoms with Gasteiger partial charge in [-0.2, -0.15) is 0 Å². The molecule has 2 rings (SSSR count). The van der Waals surface area contributed by atoms with E-state index in [9.17, 15) is 4.79 Å². The zero-order chi connectivity index (χ0) is 11.4. The van der Waals surface area contributed by atoms with Crippen molar-refractivity contribution >= 4 is 5.82 Å². The van der Waals surface area contributed by atoms with Crippen LogP contribution in [0.3, 0.4) is 0 Å². The third kappa shape index (κ3) is 2.24. The molecule has 1 aromatic heterocycles. The van der Waals surface area contributed by atoms with Gasteiger partial charge in [0, 0.05) is 31.5 Å². The van der Waals surface area contributed by atoms with Crippen molar-refractivity contribution in [2.45, 2.75) is 25.8 Å². The van der Waals surface area contributed by atoms with Crippen LogP contribution in [-0.2, 0) is 0 Å². The molecule has 0 saturated carbocycles. The Morgan fingerprint density at radius 3 is 3.12 bits per heavy atom. The Morgan fingerprint density at radius 2 is 2.50 bits per heavy atom. The van der Waals surface area contributed by atoms with E-state index in [0.717, 1.165) is 32.5 Å². The minimum Gasteiger partial charge on any atom is -0.348 e. The van der Waals surface area contributed by atoms with Crippen LogP contribution in [-0.4, -0.2) is 35.6 Å². The van der Waals surface area contributed by atoms with E-state index in [4.69, 9.17) is 0 Å². The van der Waals surface area contributed by atoms with Crippen LogP contribution < -0.4 is 15.8 Å².